The van der Waals surface area contributed by atoms with Crippen LogP contribution in [0.5, 0.6) is 0 Å². The van der Waals surface area contributed by atoms with Gasteiger partial charge in [0.25, 0.3) is 0 Å². The van der Waals surface area contributed by atoms with Gasteiger partial charge in [0.2, 0.25) is 0 Å². The summed E-state index contributed by atoms with van der Waals surface area (Å²) in [5.41, 5.74) is 5.90. The molecule has 53 heavy (non-hydrogen) atoms. The van der Waals surface area contributed by atoms with E-state index >= 15 is 0 Å². The van der Waals surface area contributed by atoms with Crippen molar-refractivity contribution in [2.75, 3.05) is 0 Å². The molecule has 252 valence electrons. The van der Waals surface area contributed by atoms with Gasteiger partial charge in [-0.15, -0.1) is 0 Å². The number of halogens is 1. The highest BCUT2D eigenvalue weighted by atomic mass is 31.1. The quantitative estimate of drug-likeness (QED) is 0.155. The van der Waals surface area contributed by atoms with Gasteiger partial charge in [-0.2, -0.15) is 0 Å². The first-order chi connectivity index (χ1) is 26.1. The molecule has 8 aromatic carbocycles. The van der Waals surface area contributed by atoms with E-state index in [2.05, 4.69) is 140 Å². The lowest BCUT2D eigenvalue weighted by atomic mass is 10.0. The lowest BCUT2D eigenvalue weighted by Gasteiger charge is -2.23. The largest absolute Gasteiger partial charge is 0.208 e. The van der Waals surface area contributed by atoms with Crippen molar-refractivity contribution >= 4 is 45.4 Å². The minimum atomic E-state index is -0.901. The Morgan fingerprint density at radius 3 is 1.38 bits per heavy atom. The van der Waals surface area contributed by atoms with Crippen LogP contribution in [0.25, 0.3) is 66.8 Å². The highest BCUT2D eigenvalue weighted by Gasteiger charge is 2.22. The number of aromatic nitrogens is 3. The molecule has 0 atom stereocenters. The fourth-order valence-corrected chi connectivity index (χ4v) is 9.59. The summed E-state index contributed by atoms with van der Waals surface area (Å²) in [6.45, 7) is 2.05. The first-order valence-corrected chi connectivity index (χ1v) is 19.0. The Balaban J connectivity index is 1.13. The van der Waals surface area contributed by atoms with Gasteiger partial charge in [-0.3, -0.25) is 0 Å². The fourth-order valence-electron chi connectivity index (χ4n) is 6.92. The maximum absolute atomic E-state index is 13.8. The molecule has 0 spiro atoms. The van der Waals surface area contributed by atoms with Gasteiger partial charge in [0.1, 0.15) is 5.82 Å². The summed E-state index contributed by atoms with van der Waals surface area (Å²) in [5.74, 6) is 1.33. The summed E-state index contributed by atoms with van der Waals surface area (Å²) < 4.78 is 13.8. The van der Waals surface area contributed by atoms with Crippen molar-refractivity contribution < 1.29 is 4.39 Å². The SMILES string of the molecule is Cc1ccc(-c2nc(-c3ccc(F)cc3)nc(-c3ccc(-c4cccc(P(c5cccc6ccccc56)c5cccc6ccccc56)c4)cc3)n2)cc1. The zero-order chi connectivity index (χ0) is 35.7. The summed E-state index contributed by atoms with van der Waals surface area (Å²) >= 11 is 0. The van der Waals surface area contributed by atoms with Gasteiger partial charge in [-0.1, -0.05) is 157 Å². The topological polar surface area (TPSA) is 38.7 Å². The number of benzene rings is 8. The van der Waals surface area contributed by atoms with Crippen molar-refractivity contribution in [2.24, 2.45) is 0 Å². The van der Waals surface area contributed by atoms with E-state index in [1.807, 2.05) is 24.3 Å². The zero-order valence-electron chi connectivity index (χ0n) is 29.0. The van der Waals surface area contributed by atoms with E-state index in [4.69, 9.17) is 15.0 Å². The molecular formula is C48H33FN3P. The summed E-state index contributed by atoms with van der Waals surface area (Å²) in [7, 11) is -0.901. The van der Waals surface area contributed by atoms with Gasteiger partial charge in [0, 0.05) is 16.7 Å². The fraction of sp³-hybridized carbons (Fsp3) is 0.0208. The predicted molar refractivity (Wildman–Crippen MR) is 220 cm³/mol. The molecule has 0 aliphatic carbocycles. The zero-order valence-corrected chi connectivity index (χ0v) is 29.9. The van der Waals surface area contributed by atoms with Gasteiger partial charge < -0.3 is 0 Å². The second kappa shape index (κ2) is 14.0. The molecule has 0 bridgehead atoms. The van der Waals surface area contributed by atoms with Gasteiger partial charge in [0.05, 0.1) is 0 Å². The third kappa shape index (κ3) is 6.50. The Labute approximate surface area is 309 Å². The Bertz CT molecular complexity index is 2590. The van der Waals surface area contributed by atoms with E-state index in [0.29, 0.717) is 17.5 Å². The minimum absolute atomic E-state index is 0.303. The highest BCUT2D eigenvalue weighted by Crippen LogP contribution is 2.39. The van der Waals surface area contributed by atoms with Crippen LogP contribution < -0.4 is 15.9 Å². The third-order valence-electron chi connectivity index (χ3n) is 9.64. The van der Waals surface area contributed by atoms with E-state index in [1.165, 1.54) is 49.6 Å². The lowest BCUT2D eigenvalue weighted by molar-refractivity contribution is 0.628. The van der Waals surface area contributed by atoms with Crippen molar-refractivity contribution in [1.29, 1.82) is 0 Å². The molecule has 1 aromatic heterocycles. The average Bonchev–Trinajstić information content (AvgIpc) is 3.22. The average molecular weight is 702 g/mol. The van der Waals surface area contributed by atoms with Crippen LogP contribution in [0, 0.1) is 12.7 Å². The molecule has 0 unspecified atom stereocenters. The molecule has 0 radical (unpaired) electrons. The minimum Gasteiger partial charge on any atom is -0.208 e. The first-order valence-electron chi connectivity index (χ1n) is 17.6. The van der Waals surface area contributed by atoms with Crippen LogP contribution in [-0.2, 0) is 0 Å². The van der Waals surface area contributed by atoms with Crippen molar-refractivity contribution in [1.82, 2.24) is 15.0 Å². The van der Waals surface area contributed by atoms with E-state index < -0.39 is 7.92 Å². The van der Waals surface area contributed by atoms with Crippen LogP contribution in [0.3, 0.4) is 0 Å². The third-order valence-corrected chi connectivity index (χ3v) is 12.2. The van der Waals surface area contributed by atoms with Crippen LogP contribution in [0.2, 0.25) is 0 Å². The van der Waals surface area contributed by atoms with Gasteiger partial charge in [-0.05, 0) is 93.8 Å². The number of rotatable bonds is 7. The summed E-state index contributed by atoms with van der Waals surface area (Å²) in [4.78, 5) is 14.6. The number of nitrogens with zero attached hydrogens (tertiary/aromatic N) is 3. The van der Waals surface area contributed by atoms with Crippen molar-refractivity contribution in [3.8, 4) is 45.3 Å². The van der Waals surface area contributed by atoms with Crippen LogP contribution in [-0.4, -0.2) is 15.0 Å². The maximum atomic E-state index is 13.8. The van der Waals surface area contributed by atoms with Crippen LogP contribution in [0.4, 0.5) is 4.39 Å². The van der Waals surface area contributed by atoms with Crippen molar-refractivity contribution in [3.05, 3.63) is 193 Å². The standard InChI is InChI=1S/C48H33FN3P/c1-32-19-21-36(22-20-32)46-50-47(52-48(51-46)38-27-29-40(49)30-28-38)37-25-23-33(24-26-37)39-13-6-14-41(31-39)53(44-17-7-11-34-9-2-4-15-42(34)44)45-18-8-12-35-10-3-5-16-43(35)45/h2-31H,1H3. The van der Waals surface area contributed by atoms with E-state index in [1.54, 1.807) is 12.1 Å². The first kappa shape index (κ1) is 32.6. The van der Waals surface area contributed by atoms with E-state index in [9.17, 15) is 4.39 Å². The maximum Gasteiger partial charge on any atom is 0.164 e. The molecular weight excluding hydrogens is 669 g/mol. The monoisotopic (exact) mass is 701 g/mol. The molecule has 0 fully saturated rings. The summed E-state index contributed by atoms with van der Waals surface area (Å²) in [5, 5.41) is 9.04. The molecule has 0 amide bonds. The van der Waals surface area contributed by atoms with Crippen LogP contribution in [0.1, 0.15) is 5.56 Å². The predicted octanol–water partition coefficient (Wildman–Crippen LogP) is 11.1. The lowest BCUT2D eigenvalue weighted by Crippen LogP contribution is -2.22. The van der Waals surface area contributed by atoms with Gasteiger partial charge in [-0.25, -0.2) is 19.3 Å². The molecule has 9 rings (SSSR count). The van der Waals surface area contributed by atoms with Crippen molar-refractivity contribution in [2.45, 2.75) is 6.92 Å². The van der Waals surface area contributed by atoms with Gasteiger partial charge >= 0.3 is 0 Å². The normalized spacial score (nSPS) is 11.4. The molecule has 5 heteroatoms. The van der Waals surface area contributed by atoms with E-state index in [0.717, 1.165) is 33.4 Å². The molecule has 0 aliphatic rings. The molecule has 0 aliphatic heterocycles. The summed E-state index contributed by atoms with van der Waals surface area (Å²) in [6.07, 6.45) is 0. The van der Waals surface area contributed by atoms with Gasteiger partial charge in [0.15, 0.2) is 17.5 Å². The Morgan fingerprint density at radius 1 is 0.396 bits per heavy atom. The smallest absolute Gasteiger partial charge is 0.164 e. The Kier molecular flexibility index (Phi) is 8.59. The molecule has 0 saturated heterocycles. The second-order valence-corrected chi connectivity index (χ2v) is 15.3. The summed E-state index contributed by atoms with van der Waals surface area (Å²) in [6, 6.07) is 62.6. The Morgan fingerprint density at radius 2 is 0.830 bits per heavy atom. The van der Waals surface area contributed by atoms with Crippen molar-refractivity contribution in [3.63, 3.8) is 0 Å². The number of aryl methyl sites for hydroxylation is 1. The second-order valence-electron chi connectivity index (χ2n) is 13.1. The number of hydrogen-bond donors (Lipinski definition) is 0. The number of fused-ring (bicyclic) bond motifs is 2. The highest BCUT2D eigenvalue weighted by molar-refractivity contribution is 7.80. The molecule has 1 heterocycles. The van der Waals surface area contributed by atoms with E-state index in [-0.39, 0.29) is 5.82 Å². The molecule has 9 aromatic rings. The number of hydrogen-bond acceptors (Lipinski definition) is 3. The Hall–Kier alpha value is -6.35. The van der Waals surface area contributed by atoms with Crippen LogP contribution >= 0.6 is 7.92 Å². The molecule has 3 nitrogen and oxygen atoms in total. The molecule has 0 saturated carbocycles. The molecule has 0 N–H and O–H groups in total. The van der Waals surface area contributed by atoms with Crippen LogP contribution in [0.15, 0.2) is 182 Å².